The SMILES string of the molecule is COCCCOc1c(C)ccc(C(=O)NC[C@@H]2CNC[C@H]2CNC(=O)C(C)(C)c2ccccc2)c1C(C)C.COCCCOc1c(C)ccc(C(=O)NC[C@@H]2CNC[C@H]2CNC(=O)CC2CCOCC2)c1C(C)C.COCCCOc1cc(C(=O)N(C[C@@H]2CNC[C@@H]2CN)C(C)C)ccc1C.O=C(O)[C@@H]1COc2ccccc2O1. The molecule has 114 heavy (non-hydrogen) atoms. The molecule has 0 saturated carbocycles. The molecular weight excluding hydrogens is 1450 g/mol. The Balaban J connectivity index is 0.000000221. The molecule has 5 aliphatic heterocycles. The van der Waals surface area contributed by atoms with Crippen molar-refractivity contribution >= 4 is 35.5 Å². The zero-order chi connectivity index (χ0) is 82.7. The van der Waals surface area contributed by atoms with E-state index >= 15 is 0 Å². The average Bonchev–Trinajstić information content (AvgIpc) is 0.913. The van der Waals surface area contributed by atoms with Gasteiger partial charge in [0.1, 0.15) is 23.9 Å². The Morgan fingerprint density at radius 2 is 1.03 bits per heavy atom. The number of para-hydroxylation sites is 2. The summed E-state index contributed by atoms with van der Waals surface area (Å²) in [7, 11) is 5.04. The molecule has 0 bridgehead atoms. The van der Waals surface area contributed by atoms with Gasteiger partial charge in [-0.1, -0.05) is 88.4 Å². The number of carbonyl (C=O) groups is 6. The fraction of sp³-hybridized carbons (Fsp3) is 0.596. The van der Waals surface area contributed by atoms with E-state index in [0.29, 0.717) is 131 Å². The van der Waals surface area contributed by atoms with E-state index in [1.54, 1.807) is 39.5 Å². The minimum Gasteiger partial charge on any atom is -0.493 e. The van der Waals surface area contributed by atoms with E-state index in [0.717, 1.165) is 142 Å². The predicted octanol–water partition coefficient (Wildman–Crippen LogP) is 10.2. The molecule has 0 aliphatic carbocycles. The normalized spacial score (nSPS) is 19.1. The van der Waals surface area contributed by atoms with Gasteiger partial charge >= 0.3 is 5.97 Å². The molecular formula is C89H133N9O16. The summed E-state index contributed by atoms with van der Waals surface area (Å²) < 4.78 is 49.2. The first-order valence-electron chi connectivity index (χ1n) is 41.0. The highest BCUT2D eigenvalue weighted by Gasteiger charge is 2.36. The summed E-state index contributed by atoms with van der Waals surface area (Å²) in [5.74, 6) is 5.06. The van der Waals surface area contributed by atoms with E-state index in [9.17, 15) is 28.8 Å². The van der Waals surface area contributed by atoms with Crippen molar-refractivity contribution < 1.29 is 76.5 Å². The van der Waals surface area contributed by atoms with Crippen molar-refractivity contribution in [3.63, 3.8) is 0 Å². The molecule has 5 aromatic rings. The molecule has 10 N–H and O–H groups in total. The van der Waals surface area contributed by atoms with Crippen molar-refractivity contribution in [2.45, 2.75) is 144 Å². The summed E-state index contributed by atoms with van der Waals surface area (Å²) in [6.45, 7) is 36.5. The molecule has 7 atom stereocenters. The van der Waals surface area contributed by atoms with Gasteiger partial charge in [0, 0.05) is 179 Å². The smallest absolute Gasteiger partial charge is 0.348 e. The summed E-state index contributed by atoms with van der Waals surface area (Å²) in [5.41, 5.74) is 13.3. The highest BCUT2D eigenvalue weighted by Crippen LogP contribution is 2.37. The maximum atomic E-state index is 13.4. The van der Waals surface area contributed by atoms with Crippen LogP contribution in [-0.2, 0) is 38.7 Å². The van der Waals surface area contributed by atoms with Crippen LogP contribution in [0.4, 0.5) is 0 Å². The lowest BCUT2D eigenvalue weighted by Gasteiger charge is -2.31. The minimum absolute atomic E-state index is 0.0117. The Morgan fingerprint density at radius 1 is 0.561 bits per heavy atom. The molecule has 0 aromatic heterocycles. The number of methoxy groups -OCH3 is 3. The zero-order valence-electron chi connectivity index (χ0n) is 70.3. The maximum absolute atomic E-state index is 13.4. The average molecular weight is 1590 g/mol. The quantitative estimate of drug-likeness (QED) is 0.0167. The van der Waals surface area contributed by atoms with Crippen LogP contribution >= 0.6 is 0 Å². The molecule has 630 valence electrons. The second-order valence-electron chi connectivity index (χ2n) is 31.9. The number of fused-ring (bicyclic) bond motifs is 1. The Hall–Kier alpha value is -8.40. The standard InChI is InChI=1S/C31H45N3O4.C28H45N3O5.C21H35N3O3.C9H8O4/c1-21(2)27-26(14-13-22(3)28(27)38-16-10-15-37-6)29(35)33-19-23-17-32-18-24(23)20-34-30(36)31(4,5)25-11-8-7-9-12-25;1-19(2)26-24(7-6-20(3)27(26)36-11-5-10-34-4)28(33)31-18-23-16-29-15-22(23)17-30-25(32)14-21-8-12-35-13-9-21;1-15(2)24(14-19-13-23-12-18(19)11-22)21(25)17-7-6-16(3)20(10-17)27-9-5-8-26-4;10-9(11)8-5-12-6-3-1-2-4-7(6)13-8/h7-9,11-14,21,23-24,32H,10,15-20H2,1-6H3,(H,33,35)(H,34,36);6-7,19,21-23,29H,5,8-18H2,1-4H3,(H,30,32)(H,31,33);6-7,10,15,18-19,23H,5,8-9,11-14,22H2,1-4H3;1-4,8H,5H2,(H,10,11)/t23-,24-;22-,23-;18-,19-;8-/m0000/s1. The Bertz CT molecular complexity index is 3800. The van der Waals surface area contributed by atoms with Gasteiger partial charge in [0.15, 0.2) is 11.5 Å². The number of hydrogen-bond acceptors (Lipinski definition) is 19. The Labute approximate surface area is 677 Å². The van der Waals surface area contributed by atoms with Crippen LogP contribution in [0, 0.1) is 62.2 Å². The number of carbonyl (C=O) groups excluding carboxylic acids is 5. The number of carboxylic acid groups (broad SMARTS) is 1. The van der Waals surface area contributed by atoms with E-state index in [1.807, 2.05) is 118 Å². The third-order valence-electron chi connectivity index (χ3n) is 21.9. The van der Waals surface area contributed by atoms with Crippen molar-refractivity contribution in [3.8, 4) is 28.7 Å². The molecule has 25 heteroatoms. The van der Waals surface area contributed by atoms with Gasteiger partial charge in [-0.15, -0.1) is 0 Å². The number of nitrogens with two attached hydrogens (primary N) is 1. The van der Waals surface area contributed by atoms with Crippen molar-refractivity contribution in [3.05, 3.63) is 147 Å². The van der Waals surface area contributed by atoms with E-state index in [1.165, 1.54) is 0 Å². The van der Waals surface area contributed by atoms with Gasteiger partial charge in [-0.3, -0.25) is 24.0 Å². The zero-order valence-corrected chi connectivity index (χ0v) is 70.3. The van der Waals surface area contributed by atoms with Gasteiger partial charge in [0.25, 0.3) is 17.7 Å². The van der Waals surface area contributed by atoms with Gasteiger partial charge in [0.05, 0.1) is 25.2 Å². The van der Waals surface area contributed by atoms with Crippen LogP contribution in [0.15, 0.2) is 97.1 Å². The van der Waals surface area contributed by atoms with E-state index in [2.05, 4.69) is 78.8 Å². The molecule has 4 saturated heterocycles. The number of aryl methyl sites for hydroxylation is 3. The number of nitrogens with one attached hydrogen (secondary N) is 7. The van der Waals surface area contributed by atoms with Gasteiger partial charge in [-0.05, 0) is 186 Å². The van der Waals surface area contributed by atoms with Crippen molar-refractivity contribution in [2.24, 2.45) is 47.2 Å². The van der Waals surface area contributed by atoms with Gasteiger partial charge in [0.2, 0.25) is 17.9 Å². The van der Waals surface area contributed by atoms with Crippen molar-refractivity contribution in [2.75, 3.05) is 159 Å². The van der Waals surface area contributed by atoms with Gasteiger partial charge < -0.3 is 95.6 Å². The number of nitrogens with zero attached hydrogens (tertiary/aromatic N) is 1. The van der Waals surface area contributed by atoms with E-state index in [4.69, 9.17) is 53.5 Å². The molecule has 25 nitrogen and oxygen atoms in total. The summed E-state index contributed by atoms with van der Waals surface area (Å²) in [4.78, 5) is 77.8. The first-order chi connectivity index (χ1) is 54.8. The summed E-state index contributed by atoms with van der Waals surface area (Å²) in [6.07, 6.45) is 4.02. The number of amides is 5. The number of rotatable bonds is 37. The van der Waals surface area contributed by atoms with Crippen LogP contribution in [0.25, 0.3) is 0 Å². The third-order valence-corrected chi connectivity index (χ3v) is 21.9. The highest BCUT2D eigenvalue weighted by atomic mass is 16.6. The van der Waals surface area contributed by atoms with Crippen LogP contribution in [0.1, 0.15) is 170 Å². The first kappa shape index (κ1) is 92.8. The van der Waals surface area contributed by atoms with Gasteiger partial charge in [-0.25, -0.2) is 4.79 Å². The molecule has 5 amide bonds. The lowest BCUT2D eigenvalue weighted by Crippen LogP contribution is -2.44. The summed E-state index contributed by atoms with van der Waals surface area (Å²) >= 11 is 0. The van der Waals surface area contributed by atoms with Crippen LogP contribution in [0.3, 0.4) is 0 Å². The topological polar surface area (TPSA) is 319 Å². The molecule has 10 rings (SSSR count). The predicted molar refractivity (Wildman–Crippen MR) is 445 cm³/mol. The number of ether oxygens (including phenoxy) is 9. The lowest BCUT2D eigenvalue weighted by molar-refractivity contribution is -0.147. The molecule has 0 unspecified atom stereocenters. The summed E-state index contributed by atoms with van der Waals surface area (Å²) in [6, 6.07) is 30.4. The molecule has 0 spiro atoms. The molecule has 5 heterocycles. The molecule has 4 fully saturated rings. The highest BCUT2D eigenvalue weighted by molar-refractivity contribution is 5.98. The third kappa shape index (κ3) is 28.2. The Kier molecular flexibility index (Phi) is 39.2. The number of aliphatic carboxylic acids is 1. The van der Waals surface area contributed by atoms with Crippen LogP contribution in [-0.4, -0.2) is 217 Å². The minimum atomic E-state index is -1.01. The van der Waals surface area contributed by atoms with Crippen LogP contribution in [0.2, 0.25) is 0 Å². The Morgan fingerprint density at radius 3 is 1.52 bits per heavy atom. The molecule has 5 aliphatic rings. The largest absolute Gasteiger partial charge is 0.493 e. The molecule has 5 aromatic carbocycles. The maximum Gasteiger partial charge on any atom is 0.348 e. The fourth-order valence-electron chi connectivity index (χ4n) is 14.9. The molecule has 0 radical (unpaired) electrons. The lowest BCUT2D eigenvalue weighted by atomic mass is 9.83. The first-order valence-corrected chi connectivity index (χ1v) is 41.0. The van der Waals surface area contributed by atoms with Crippen molar-refractivity contribution in [1.29, 1.82) is 0 Å². The van der Waals surface area contributed by atoms with E-state index < -0.39 is 17.5 Å². The number of carboxylic acids is 1. The monoisotopic (exact) mass is 1580 g/mol. The van der Waals surface area contributed by atoms with Crippen LogP contribution < -0.4 is 66.6 Å². The second-order valence-corrected chi connectivity index (χ2v) is 31.9. The second kappa shape index (κ2) is 48.2. The van der Waals surface area contributed by atoms with E-state index in [-0.39, 0.29) is 71.8 Å². The fourth-order valence-corrected chi connectivity index (χ4v) is 14.9. The number of benzene rings is 5. The van der Waals surface area contributed by atoms with Crippen molar-refractivity contribution in [1.82, 2.24) is 42.1 Å². The van der Waals surface area contributed by atoms with Gasteiger partial charge in [-0.2, -0.15) is 0 Å². The van der Waals surface area contributed by atoms with Crippen LogP contribution in [0.5, 0.6) is 28.7 Å². The number of hydrogen-bond donors (Lipinski definition) is 9. The summed E-state index contributed by atoms with van der Waals surface area (Å²) in [5, 5.41) is 31.5.